The predicted molar refractivity (Wildman–Crippen MR) is 69.3 cm³/mol. The van der Waals surface area contributed by atoms with Gasteiger partial charge < -0.3 is 18.9 Å². The Morgan fingerprint density at radius 1 is 1.45 bits per heavy atom. The Labute approximate surface area is 115 Å². The first-order chi connectivity index (χ1) is 9.52. The molecule has 0 spiro atoms. The molecule has 0 aliphatic carbocycles. The van der Waals surface area contributed by atoms with Crippen LogP contribution in [0.5, 0.6) is 0 Å². The van der Waals surface area contributed by atoms with Crippen molar-refractivity contribution in [3.63, 3.8) is 0 Å². The summed E-state index contributed by atoms with van der Waals surface area (Å²) in [7, 11) is 2.88. The average molecular weight is 280 g/mol. The van der Waals surface area contributed by atoms with Gasteiger partial charge in [-0.1, -0.05) is 0 Å². The van der Waals surface area contributed by atoms with Crippen LogP contribution in [0.1, 0.15) is 10.4 Å². The van der Waals surface area contributed by atoms with Gasteiger partial charge in [0.25, 0.3) is 11.5 Å². The van der Waals surface area contributed by atoms with E-state index in [1.54, 1.807) is 13.1 Å². The maximum atomic E-state index is 12.3. The van der Waals surface area contributed by atoms with Gasteiger partial charge in [-0.2, -0.15) is 0 Å². The van der Waals surface area contributed by atoms with Crippen LogP contribution >= 0.6 is 0 Å². The summed E-state index contributed by atoms with van der Waals surface area (Å²) in [6.07, 6.45) is 0.762. The fourth-order valence-electron chi connectivity index (χ4n) is 1.97. The van der Waals surface area contributed by atoms with Gasteiger partial charge in [0.1, 0.15) is 0 Å². The SMILES string of the molecule is COC(=O)C1CN(C(=O)c2ccn(C)c(=O)c2)CCO1. The molecule has 0 N–H and O–H groups in total. The summed E-state index contributed by atoms with van der Waals surface area (Å²) in [4.78, 5) is 36.7. The van der Waals surface area contributed by atoms with E-state index in [2.05, 4.69) is 4.74 Å². The summed E-state index contributed by atoms with van der Waals surface area (Å²) in [5, 5.41) is 0. The maximum absolute atomic E-state index is 12.3. The van der Waals surface area contributed by atoms with Crippen molar-refractivity contribution in [3.05, 3.63) is 34.2 Å². The fraction of sp³-hybridized carbons (Fsp3) is 0.462. The monoisotopic (exact) mass is 280 g/mol. The molecule has 1 amide bonds. The van der Waals surface area contributed by atoms with Crippen molar-refractivity contribution < 1.29 is 19.1 Å². The molecule has 108 valence electrons. The number of pyridine rings is 1. The molecule has 1 saturated heterocycles. The lowest BCUT2D eigenvalue weighted by molar-refractivity contribution is -0.158. The van der Waals surface area contributed by atoms with Gasteiger partial charge in [0.2, 0.25) is 0 Å². The fourth-order valence-corrected chi connectivity index (χ4v) is 1.97. The number of amides is 1. The molecule has 1 atom stereocenters. The van der Waals surface area contributed by atoms with E-state index in [0.717, 1.165) is 0 Å². The first-order valence-corrected chi connectivity index (χ1v) is 6.18. The quantitative estimate of drug-likeness (QED) is 0.676. The summed E-state index contributed by atoms with van der Waals surface area (Å²) in [5.41, 5.74) is 0.0484. The topological polar surface area (TPSA) is 77.8 Å². The molecule has 2 heterocycles. The smallest absolute Gasteiger partial charge is 0.336 e. The Bertz CT molecular complexity index is 580. The van der Waals surface area contributed by atoms with Crippen LogP contribution in [-0.2, 0) is 21.3 Å². The number of morpholine rings is 1. The number of ether oxygens (including phenoxy) is 2. The van der Waals surface area contributed by atoms with Crippen LogP contribution in [0.4, 0.5) is 0 Å². The second-order valence-electron chi connectivity index (χ2n) is 4.50. The van der Waals surface area contributed by atoms with Gasteiger partial charge in [-0.25, -0.2) is 4.79 Å². The molecule has 1 aliphatic rings. The van der Waals surface area contributed by atoms with Crippen molar-refractivity contribution in [2.75, 3.05) is 26.8 Å². The third-order valence-corrected chi connectivity index (χ3v) is 3.17. The molecule has 1 aliphatic heterocycles. The van der Waals surface area contributed by atoms with Crippen LogP contribution in [0.25, 0.3) is 0 Å². The molecule has 1 aromatic heterocycles. The van der Waals surface area contributed by atoms with Crippen LogP contribution < -0.4 is 5.56 Å². The standard InChI is InChI=1S/C13H16N2O5/c1-14-4-3-9(7-11(14)16)12(17)15-5-6-20-10(8-15)13(18)19-2/h3-4,7,10H,5-6,8H2,1-2H3. The van der Waals surface area contributed by atoms with Gasteiger partial charge in [0.05, 0.1) is 20.3 Å². The Morgan fingerprint density at radius 3 is 2.85 bits per heavy atom. The zero-order valence-corrected chi connectivity index (χ0v) is 11.4. The Balaban J connectivity index is 2.14. The molecule has 0 aromatic carbocycles. The number of aromatic nitrogens is 1. The summed E-state index contributed by atoms with van der Waals surface area (Å²) in [6.45, 7) is 0.763. The van der Waals surface area contributed by atoms with Crippen LogP contribution in [-0.4, -0.2) is 54.3 Å². The van der Waals surface area contributed by atoms with Crippen molar-refractivity contribution in [3.8, 4) is 0 Å². The van der Waals surface area contributed by atoms with Crippen molar-refractivity contribution in [1.29, 1.82) is 0 Å². The van der Waals surface area contributed by atoms with E-state index in [1.165, 1.54) is 28.8 Å². The van der Waals surface area contributed by atoms with Gasteiger partial charge in [-0.05, 0) is 6.07 Å². The normalized spacial score (nSPS) is 18.7. The van der Waals surface area contributed by atoms with E-state index in [-0.39, 0.29) is 24.6 Å². The second-order valence-corrected chi connectivity index (χ2v) is 4.50. The number of rotatable bonds is 2. The zero-order chi connectivity index (χ0) is 14.7. The minimum atomic E-state index is -0.774. The molecular formula is C13H16N2O5. The molecule has 1 unspecified atom stereocenters. The van der Waals surface area contributed by atoms with Gasteiger partial charge in [0, 0.05) is 31.4 Å². The first kappa shape index (κ1) is 14.3. The summed E-state index contributed by atoms with van der Waals surface area (Å²) < 4.78 is 11.2. The number of hydrogen-bond acceptors (Lipinski definition) is 5. The number of nitrogens with zero attached hydrogens (tertiary/aromatic N) is 2. The predicted octanol–water partition coefficient (Wildman–Crippen LogP) is -0.601. The Hall–Kier alpha value is -2.15. The Kier molecular flexibility index (Phi) is 4.19. The molecular weight excluding hydrogens is 264 g/mol. The van der Waals surface area contributed by atoms with Crippen LogP contribution in [0.15, 0.2) is 23.1 Å². The average Bonchev–Trinajstić information content (AvgIpc) is 2.48. The van der Waals surface area contributed by atoms with Gasteiger partial charge in [-0.15, -0.1) is 0 Å². The molecule has 1 fully saturated rings. The van der Waals surface area contributed by atoms with E-state index in [4.69, 9.17) is 4.74 Å². The lowest BCUT2D eigenvalue weighted by Crippen LogP contribution is -2.49. The molecule has 20 heavy (non-hydrogen) atoms. The lowest BCUT2D eigenvalue weighted by Gasteiger charge is -2.31. The number of hydrogen-bond donors (Lipinski definition) is 0. The maximum Gasteiger partial charge on any atom is 0.336 e. The molecule has 7 nitrogen and oxygen atoms in total. The number of esters is 1. The van der Waals surface area contributed by atoms with Crippen LogP contribution in [0, 0.1) is 0 Å². The van der Waals surface area contributed by atoms with E-state index in [1.807, 2.05) is 0 Å². The molecule has 2 rings (SSSR count). The highest BCUT2D eigenvalue weighted by Gasteiger charge is 2.30. The summed E-state index contributed by atoms with van der Waals surface area (Å²) in [5.74, 6) is -0.800. The molecule has 0 saturated carbocycles. The third kappa shape index (κ3) is 2.88. The minimum absolute atomic E-state index is 0.126. The number of aryl methyl sites for hydroxylation is 1. The highest BCUT2D eigenvalue weighted by Crippen LogP contribution is 2.10. The Morgan fingerprint density at radius 2 is 2.20 bits per heavy atom. The molecule has 0 bridgehead atoms. The second kappa shape index (κ2) is 5.87. The van der Waals surface area contributed by atoms with Gasteiger partial charge >= 0.3 is 5.97 Å². The van der Waals surface area contributed by atoms with Gasteiger partial charge in [-0.3, -0.25) is 9.59 Å². The zero-order valence-electron chi connectivity index (χ0n) is 11.4. The van der Waals surface area contributed by atoms with Crippen molar-refractivity contribution >= 4 is 11.9 Å². The highest BCUT2D eigenvalue weighted by atomic mass is 16.6. The lowest BCUT2D eigenvalue weighted by atomic mass is 10.2. The molecule has 0 radical (unpaired) electrons. The van der Waals surface area contributed by atoms with Crippen molar-refractivity contribution in [2.45, 2.75) is 6.10 Å². The largest absolute Gasteiger partial charge is 0.467 e. The molecule has 7 heteroatoms. The van der Waals surface area contributed by atoms with Crippen molar-refractivity contribution in [2.24, 2.45) is 7.05 Å². The highest BCUT2D eigenvalue weighted by molar-refractivity contribution is 5.94. The van der Waals surface area contributed by atoms with E-state index in [0.29, 0.717) is 12.1 Å². The number of carbonyl (C=O) groups excluding carboxylic acids is 2. The first-order valence-electron chi connectivity index (χ1n) is 6.18. The van der Waals surface area contributed by atoms with E-state index < -0.39 is 12.1 Å². The third-order valence-electron chi connectivity index (χ3n) is 3.17. The van der Waals surface area contributed by atoms with E-state index in [9.17, 15) is 14.4 Å². The van der Waals surface area contributed by atoms with E-state index >= 15 is 0 Å². The number of methoxy groups -OCH3 is 1. The van der Waals surface area contributed by atoms with Crippen LogP contribution in [0.3, 0.4) is 0 Å². The molecule has 1 aromatic rings. The van der Waals surface area contributed by atoms with Gasteiger partial charge in [0.15, 0.2) is 6.10 Å². The summed E-state index contributed by atoms with van der Waals surface area (Å²) in [6, 6.07) is 2.86. The van der Waals surface area contributed by atoms with Crippen molar-refractivity contribution in [1.82, 2.24) is 9.47 Å². The number of carbonyl (C=O) groups is 2. The van der Waals surface area contributed by atoms with Crippen LogP contribution in [0.2, 0.25) is 0 Å². The summed E-state index contributed by atoms with van der Waals surface area (Å²) >= 11 is 0. The minimum Gasteiger partial charge on any atom is -0.467 e.